The minimum atomic E-state index is -6.00. The SMILES string of the molecule is Cc1c(OCC(F)(F)F)cc[n+]2c1CSN(C)n1c-2nc2ccccc21.F[B-](F)(F)F. The zero-order valence-corrected chi connectivity index (χ0v) is 17.0. The van der Waals surface area contributed by atoms with E-state index in [0.29, 0.717) is 17.3 Å². The fraction of sp³-hybridized carbons (Fsp3) is 0.294. The maximum atomic E-state index is 12.5. The second kappa shape index (κ2) is 8.48. The topological polar surface area (TPSA) is 34.2 Å². The lowest BCUT2D eigenvalue weighted by Crippen LogP contribution is -2.39. The number of fused-ring (bicyclic) bond motifs is 5. The molecule has 2 aromatic heterocycles. The number of alkyl halides is 3. The van der Waals surface area contributed by atoms with Crippen molar-refractivity contribution in [2.45, 2.75) is 18.9 Å². The molecule has 0 fully saturated rings. The Labute approximate surface area is 176 Å². The van der Waals surface area contributed by atoms with Crippen LogP contribution in [0.3, 0.4) is 0 Å². The summed E-state index contributed by atoms with van der Waals surface area (Å²) in [5, 5.41) is 0. The van der Waals surface area contributed by atoms with Crippen LogP contribution in [0.2, 0.25) is 0 Å². The Morgan fingerprint density at radius 2 is 1.81 bits per heavy atom. The lowest BCUT2D eigenvalue weighted by Gasteiger charge is -2.14. The van der Waals surface area contributed by atoms with Gasteiger partial charge in [-0.1, -0.05) is 17.1 Å². The molecule has 0 saturated heterocycles. The maximum absolute atomic E-state index is 12.5. The average Bonchev–Trinajstić information content (AvgIpc) is 2.96. The van der Waals surface area contributed by atoms with Gasteiger partial charge in [0.05, 0.1) is 11.9 Å². The fourth-order valence-corrected chi connectivity index (χ4v) is 3.95. The minimum Gasteiger partial charge on any atom is -0.484 e. The highest BCUT2D eigenvalue weighted by molar-refractivity contribution is 7.99. The van der Waals surface area contributed by atoms with Crippen LogP contribution >= 0.6 is 11.9 Å². The van der Waals surface area contributed by atoms with E-state index in [2.05, 4.69) is 0 Å². The summed E-state index contributed by atoms with van der Waals surface area (Å²) in [5.74, 6) is 1.52. The number of rotatable bonds is 2. The summed E-state index contributed by atoms with van der Waals surface area (Å²) >= 11 is 1.55. The van der Waals surface area contributed by atoms with E-state index < -0.39 is 20.0 Å². The van der Waals surface area contributed by atoms with Crippen LogP contribution in [-0.2, 0) is 5.75 Å². The van der Waals surface area contributed by atoms with Crippen molar-refractivity contribution < 1.29 is 39.7 Å². The van der Waals surface area contributed by atoms with Gasteiger partial charge in [0.2, 0.25) is 0 Å². The van der Waals surface area contributed by atoms with Crippen molar-refractivity contribution in [1.29, 1.82) is 0 Å². The van der Waals surface area contributed by atoms with E-state index >= 15 is 0 Å². The molecule has 4 rings (SSSR count). The summed E-state index contributed by atoms with van der Waals surface area (Å²) in [4.78, 5) is 4.71. The summed E-state index contributed by atoms with van der Waals surface area (Å²) in [7, 11) is -4.06. The first-order valence-corrected chi connectivity index (χ1v) is 9.75. The lowest BCUT2D eigenvalue weighted by molar-refractivity contribution is -0.612. The molecule has 3 heterocycles. The molecule has 0 unspecified atom stereocenters. The molecule has 0 saturated carbocycles. The molecule has 1 aliphatic heterocycles. The van der Waals surface area contributed by atoms with Crippen molar-refractivity contribution in [2.24, 2.45) is 0 Å². The number of imidazole rings is 1. The molecule has 1 aliphatic rings. The summed E-state index contributed by atoms with van der Waals surface area (Å²) in [6.07, 6.45) is -2.65. The van der Waals surface area contributed by atoms with E-state index in [9.17, 15) is 30.4 Å². The summed E-state index contributed by atoms with van der Waals surface area (Å²) < 4.78 is 87.3. The second-order valence-corrected chi connectivity index (χ2v) is 7.55. The first-order chi connectivity index (χ1) is 14.3. The van der Waals surface area contributed by atoms with Gasteiger partial charge in [-0.25, -0.2) is 8.98 Å². The van der Waals surface area contributed by atoms with Gasteiger partial charge in [-0.3, -0.25) is 0 Å². The van der Waals surface area contributed by atoms with E-state index in [1.807, 2.05) is 45.0 Å². The van der Waals surface area contributed by atoms with Crippen molar-refractivity contribution in [3.8, 4) is 11.7 Å². The Bertz CT molecular complexity index is 1080. The van der Waals surface area contributed by atoms with E-state index in [1.165, 1.54) is 0 Å². The molecule has 0 N–H and O–H groups in total. The van der Waals surface area contributed by atoms with Gasteiger partial charge in [0.1, 0.15) is 11.4 Å². The van der Waals surface area contributed by atoms with Crippen molar-refractivity contribution in [3.05, 3.63) is 47.8 Å². The van der Waals surface area contributed by atoms with Crippen LogP contribution in [0, 0.1) is 6.92 Å². The second-order valence-electron chi connectivity index (χ2n) is 6.47. The van der Waals surface area contributed by atoms with Gasteiger partial charge in [-0.15, -0.1) is 4.68 Å². The zero-order valence-electron chi connectivity index (χ0n) is 16.2. The van der Waals surface area contributed by atoms with Gasteiger partial charge in [-0.05, 0) is 31.0 Å². The van der Waals surface area contributed by atoms with Crippen molar-refractivity contribution in [3.63, 3.8) is 0 Å². The van der Waals surface area contributed by atoms with Crippen LogP contribution in [0.25, 0.3) is 17.0 Å². The molecule has 0 spiro atoms. The molecule has 0 bridgehead atoms. The third-order valence-corrected chi connectivity index (χ3v) is 5.20. The Morgan fingerprint density at radius 1 is 1.16 bits per heavy atom. The monoisotopic (exact) mass is 468 g/mol. The molecule has 3 aromatic rings. The average molecular weight is 468 g/mol. The van der Waals surface area contributed by atoms with Crippen molar-refractivity contribution in [2.75, 3.05) is 18.1 Å². The Kier molecular flexibility index (Phi) is 6.30. The quantitative estimate of drug-likeness (QED) is 0.239. The molecule has 0 aliphatic carbocycles. The number of aromatic nitrogens is 3. The summed E-state index contributed by atoms with van der Waals surface area (Å²) in [6, 6.07) is 9.36. The molecule has 0 atom stereocenters. The fourth-order valence-electron chi connectivity index (χ4n) is 3.01. The molecule has 0 amide bonds. The van der Waals surface area contributed by atoms with Gasteiger partial charge in [0.25, 0.3) is 0 Å². The number of pyridine rings is 1. The molecular weight excluding hydrogens is 452 g/mol. The van der Waals surface area contributed by atoms with Crippen LogP contribution < -0.4 is 13.7 Å². The summed E-state index contributed by atoms with van der Waals surface area (Å²) in [5.41, 5.74) is 3.35. The first kappa shape index (κ1) is 23.0. The standard InChI is InChI=1S/C17H16F3N4OS.BF4/c1-11-14-9-26-22(2)24-13-6-4-3-5-12(13)21-16(24)23(14)8-7-15(11)25-10-17(18,19)20;2-1(3,4)5/h3-8H,9-10H2,1-2H3;/q+1;-1. The zero-order chi connectivity index (χ0) is 23.0. The molecule has 31 heavy (non-hydrogen) atoms. The highest BCUT2D eigenvalue weighted by Gasteiger charge is 2.33. The van der Waals surface area contributed by atoms with Crippen molar-refractivity contribution in [1.82, 2.24) is 9.66 Å². The maximum Gasteiger partial charge on any atom is 0.673 e. The van der Waals surface area contributed by atoms with Gasteiger partial charge in [0.15, 0.2) is 17.6 Å². The third-order valence-electron chi connectivity index (χ3n) is 4.26. The number of halogens is 7. The van der Waals surface area contributed by atoms with Crippen LogP contribution in [0.1, 0.15) is 11.3 Å². The number of hydrogen-bond donors (Lipinski definition) is 0. The molecular formula is C17H16BF7N4OS. The van der Waals surface area contributed by atoms with Gasteiger partial charge in [-0.2, -0.15) is 13.2 Å². The predicted octanol–water partition coefficient (Wildman–Crippen LogP) is 4.59. The first-order valence-electron chi connectivity index (χ1n) is 8.81. The smallest absolute Gasteiger partial charge is 0.484 e. The van der Waals surface area contributed by atoms with Crippen LogP contribution in [0.15, 0.2) is 36.5 Å². The highest BCUT2D eigenvalue weighted by Crippen LogP contribution is 2.29. The number of benzene rings is 1. The largest absolute Gasteiger partial charge is 0.673 e. The number of nitrogens with zero attached hydrogens (tertiary/aromatic N) is 4. The van der Waals surface area contributed by atoms with E-state index in [1.54, 1.807) is 31.1 Å². The Hall–Kier alpha value is -2.64. The van der Waals surface area contributed by atoms with Gasteiger partial charge >= 0.3 is 19.4 Å². The van der Waals surface area contributed by atoms with Crippen LogP contribution in [-0.4, -0.2) is 36.7 Å². The van der Waals surface area contributed by atoms with Crippen LogP contribution in [0.5, 0.6) is 5.75 Å². The molecule has 14 heteroatoms. The Balaban J connectivity index is 0.000000491. The predicted molar refractivity (Wildman–Crippen MR) is 103 cm³/mol. The van der Waals surface area contributed by atoms with Crippen molar-refractivity contribution >= 4 is 30.2 Å². The van der Waals surface area contributed by atoms with Gasteiger partial charge in [0, 0.05) is 18.7 Å². The highest BCUT2D eigenvalue weighted by atomic mass is 32.2. The third kappa shape index (κ3) is 5.54. The number of hydrogen-bond acceptors (Lipinski definition) is 4. The minimum absolute atomic E-state index is 0.237. The van der Waals surface area contributed by atoms with Crippen LogP contribution in [0.4, 0.5) is 30.4 Å². The number of para-hydroxylation sites is 2. The van der Waals surface area contributed by atoms with E-state index in [0.717, 1.165) is 16.7 Å². The summed E-state index contributed by atoms with van der Waals surface area (Å²) in [6.45, 7) is 0.471. The Morgan fingerprint density at radius 3 is 2.45 bits per heavy atom. The molecule has 1 aromatic carbocycles. The van der Waals surface area contributed by atoms with E-state index in [-0.39, 0.29) is 5.75 Å². The normalized spacial score (nSPS) is 13.8. The molecule has 0 radical (unpaired) electrons. The molecule has 5 nitrogen and oxygen atoms in total. The molecule has 168 valence electrons. The number of ether oxygens (including phenoxy) is 1. The lowest BCUT2D eigenvalue weighted by atomic mass is 10.2. The van der Waals surface area contributed by atoms with E-state index in [4.69, 9.17) is 9.72 Å². The van der Waals surface area contributed by atoms with Gasteiger partial charge < -0.3 is 22.0 Å².